The smallest absolute Gasteiger partial charge is 0.169 e. The van der Waals surface area contributed by atoms with Gasteiger partial charge in [0.2, 0.25) is 0 Å². The summed E-state index contributed by atoms with van der Waals surface area (Å²) < 4.78 is 11.1. The van der Waals surface area contributed by atoms with Crippen LogP contribution in [0.4, 0.5) is 0 Å². The van der Waals surface area contributed by atoms with Crippen LogP contribution in [0.3, 0.4) is 0 Å². The first-order valence-electron chi connectivity index (χ1n) is 6.56. The maximum absolute atomic E-state index is 9.14. The lowest BCUT2D eigenvalue weighted by atomic mass is 10.2. The number of hydrogen-bond donors (Lipinski definition) is 2. The van der Waals surface area contributed by atoms with Crippen LogP contribution in [0, 0.1) is 0 Å². The first kappa shape index (κ1) is 15.6. The maximum Gasteiger partial charge on any atom is 0.169 e. The average Bonchev–Trinajstić information content (AvgIpc) is 2.50. The number of rotatable bonds is 6. The van der Waals surface area contributed by atoms with Gasteiger partial charge in [-0.05, 0) is 42.4 Å². The molecule has 0 unspecified atom stereocenters. The Kier molecular flexibility index (Phi) is 5.44. The van der Waals surface area contributed by atoms with Gasteiger partial charge in [0.15, 0.2) is 11.5 Å². The van der Waals surface area contributed by atoms with Crippen molar-refractivity contribution < 1.29 is 14.6 Å². The van der Waals surface area contributed by atoms with E-state index in [4.69, 9.17) is 26.2 Å². The SMILES string of the molecule is CNCc1ccc(Oc2ccc(CO)cc2OC)c(Cl)c1. The molecule has 4 nitrogen and oxygen atoms in total. The van der Waals surface area contributed by atoms with Gasteiger partial charge >= 0.3 is 0 Å². The van der Waals surface area contributed by atoms with Crippen molar-refractivity contribution in [2.45, 2.75) is 13.2 Å². The summed E-state index contributed by atoms with van der Waals surface area (Å²) in [6, 6.07) is 10.9. The van der Waals surface area contributed by atoms with E-state index in [0.717, 1.165) is 17.7 Å². The molecule has 0 bridgehead atoms. The molecule has 0 atom stereocenters. The predicted octanol–water partition coefficient (Wildman–Crippen LogP) is 3.35. The van der Waals surface area contributed by atoms with Crippen LogP contribution >= 0.6 is 11.6 Å². The van der Waals surface area contributed by atoms with E-state index in [9.17, 15) is 0 Å². The van der Waals surface area contributed by atoms with E-state index in [0.29, 0.717) is 22.3 Å². The van der Waals surface area contributed by atoms with E-state index in [2.05, 4.69) is 5.32 Å². The zero-order valence-electron chi connectivity index (χ0n) is 12.0. The standard InChI is InChI=1S/C16H18ClNO3/c1-18-9-11-3-5-14(13(17)7-11)21-15-6-4-12(10-19)8-16(15)20-2/h3-8,18-19H,9-10H2,1-2H3. The predicted molar refractivity (Wildman–Crippen MR) is 83.2 cm³/mol. The van der Waals surface area contributed by atoms with Crippen molar-refractivity contribution in [3.05, 3.63) is 52.5 Å². The van der Waals surface area contributed by atoms with Crippen LogP contribution in [0.15, 0.2) is 36.4 Å². The Morgan fingerprint density at radius 1 is 1.05 bits per heavy atom. The Hall–Kier alpha value is -1.75. The lowest BCUT2D eigenvalue weighted by Gasteiger charge is -2.13. The van der Waals surface area contributed by atoms with Crippen molar-refractivity contribution >= 4 is 11.6 Å². The molecule has 0 heterocycles. The van der Waals surface area contributed by atoms with Gasteiger partial charge in [-0.25, -0.2) is 0 Å². The molecule has 0 aromatic heterocycles. The van der Waals surface area contributed by atoms with Crippen LogP contribution in [0.2, 0.25) is 5.02 Å². The lowest BCUT2D eigenvalue weighted by molar-refractivity contribution is 0.280. The third kappa shape index (κ3) is 3.88. The molecule has 0 fully saturated rings. The summed E-state index contributed by atoms with van der Waals surface area (Å²) in [6.07, 6.45) is 0. The second-order valence-corrected chi connectivity index (χ2v) is 4.95. The van der Waals surface area contributed by atoms with Crippen LogP contribution < -0.4 is 14.8 Å². The minimum atomic E-state index is -0.0455. The number of methoxy groups -OCH3 is 1. The minimum Gasteiger partial charge on any atom is -0.493 e. The third-order valence-corrected chi connectivity index (χ3v) is 3.30. The molecule has 0 spiro atoms. The van der Waals surface area contributed by atoms with Crippen LogP contribution in [-0.4, -0.2) is 19.3 Å². The lowest BCUT2D eigenvalue weighted by Crippen LogP contribution is -2.04. The third-order valence-electron chi connectivity index (χ3n) is 3.01. The number of aliphatic hydroxyl groups excluding tert-OH is 1. The van der Waals surface area contributed by atoms with E-state index in [1.54, 1.807) is 25.3 Å². The number of nitrogens with one attached hydrogen (secondary N) is 1. The van der Waals surface area contributed by atoms with Crippen molar-refractivity contribution in [2.75, 3.05) is 14.2 Å². The number of benzene rings is 2. The molecule has 0 aliphatic carbocycles. The van der Waals surface area contributed by atoms with E-state index in [1.165, 1.54) is 0 Å². The molecule has 0 amide bonds. The van der Waals surface area contributed by atoms with Gasteiger partial charge in [-0.15, -0.1) is 0 Å². The molecule has 21 heavy (non-hydrogen) atoms. The average molecular weight is 308 g/mol. The fourth-order valence-corrected chi connectivity index (χ4v) is 2.20. The molecule has 0 aliphatic heterocycles. The van der Waals surface area contributed by atoms with Gasteiger partial charge in [0, 0.05) is 6.54 Å². The summed E-state index contributed by atoms with van der Waals surface area (Å²) in [4.78, 5) is 0. The van der Waals surface area contributed by atoms with Crippen molar-refractivity contribution in [2.24, 2.45) is 0 Å². The normalized spacial score (nSPS) is 10.5. The molecule has 2 aromatic rings. The van der Waals surface area contributed by atoms with Gasteiger partial charge in [-0.1, -0.05) is 23.7 Å². The van der Waals surface area contributed by atoms with Crippen molar-refractivity contribution in [3.8, 4) is 17.2 Å². The monoisotopic (exact) mass is 307 g/mol. The van der Waals surface area contributed by atoms with Gasteiger partial charge in [0.1, 0.15) is 5.75 Å². The minimum absolute atomic E-state index is 0.0455. The zero-order chi connectivity index (χ0) is 15.2. The summed E-state index contributed by atoms with van der Waals surface area (Å²) in [5.41, 5.74) is 1.84. The largest absolute Gasteiger partial charge is 0.493 e. The Morgan fingerprint density at radius 3 is 2.38 bits per heavy atom. The molecule has 5 heteroatoms. The van der Waals surface area contributed by atoms with Crippen molar-refractivity contribution in [1.29, 1.82) is 0 Å². The highest BCUT2D eigenvalue weighted by molar-refractivity contribution is 6.32. The highest BCUT2D eigenvalue weighted by atomic mass is 35.5. The second-order valence-electron chi connectivity index (χ2n) is 4.54. The topological polar surface area (TPSA) is 50.7 Å². The number of hydrogen-bond acceptors (Lipinski definition) is 4. The molecule has 2 N–H and O–H groups in total. The molecule has 0 radical (unpaired) electrons. The summed E-state index contributed by atoms with van der Waals surface area (Å²) in [5.74, 6) is 1.67. The molecular formula is C16H18ClNO3. The Bertz CT molecular complexity index is 616. The second kappa shape index (κ2) is 7.31. The highest BCUT2D eigenvalue weighted by Crippen LogP contribution is 2.36. The van der Waals surface area contributed by atoms with Gasteiger partial charge in [-0.2, -0.15) is 0 Å². The fraction of sp³-hybridized carbons (Fsp3) is 0.250. The molecule has 112 valence electrons. The molecule has 0 aliphatic rings. The van der Waals surface area contributed by atoms with Gasteiger partial charge in [0.25, 0.3) is 0 Å². The molecular weight excluding hydrogens is 290 g/mol. The highest BCUT2D eigenvalue weighted by Gasteiger charge is 2.10. The Labute approximate surface area is 129 Å². The maximum atomic E-state index is 9.14. The fourth-order valence-electron chi connectivity index (χ4n) is 1.95. The quantitative estimate of drug-likeness (QED) is 0.859. The molecule has 2 aromatic carbocycles. The van der Waals surface area contributed by atoms with Crippen LogP contribution in [0.25, 0.3) is 0 Å². The van der Waals surface area contributed by atoms with E-state index < -0.39 is 0 Å². The molecule has 0 saturated heterocycles. The first-order chi connectivity index (χ1) is 10.2. The van der Waals surface area contributed by atoms with E-state index in [1.807, 2.05) is 25.2 Å². The Balaban J connectivity index is 2.25. The van der Waals surface area contributed by atoms with E-state index >= 15 is 0 Å². The summed E-state index contributed by atoms with van der Waals surface area (Å²) >= 11 is 6.24. The summed E-state index contributed by atoms with van der Waals surface area (Å²) in [6.45, 7) is 0.699. The number of halogens is 1. The van der Waals surface area contributed by atoms with Gasteiger partial charge in [0.05, 0.1) is 18.7 Å². The summed E-state index contributed by atoms with van der Waals surface area (Å²) in [5, 5.41) is 12.7. The number of aliphatic hydroxyl groups is 1. The van der Waals surface area contributed by atoms with E-state index in [-0.39, 0.29) is 6.61 Å². The Morgan fingerprint density at radius 2 is 1.76 bits per heavy atom. The van der Waals surface area contributed by atoms with Crippen LogP contribution in [-0.2, 0) is 13.2 Å². The molecule has 2 rings (SSSR count). The first-order valence-corrected chi connectivity index (χ1v) is 6.94. The number of ether oxygens (including phenoxy) is 2. The molecule has 0 saturated carbocycles. The van der Waals surface area contributed by atoms with Gasteiger partial charge in [-0.3, -0.25) is 0 Å². The zero-order valence-corrected chi connectivity index (χ0v) is 12.8. The van der Waals surface area contributed by atoms with Crippen molar-refractivity contribution in [3.63, 3.8) is 0 Å². The van der Waals surface area contributed by atoms with Crippen LogP contribution in [0.5, 0.6) is 17.2 Å². The van der Waals surface area contributed by atoms with Crippen LogP contribution in [0.1, 0.15) is 11.1 Å². The van der Waals surface area contributed by atoms with Crippen molar-refractivity contribution in [1.82, 2.24) is 5.32 Å². The summed E-state index contributed by atoms with van der Waals surface area (Å²) in [7, 11) is 3.44. The van der Waals surface area contributed by atoms with Gasteiger partial charge < -0.3 is 19.9 Å².